The van der Waals surface area contributed by atoms with Gasteiger partial charge in [-0.3, -0.25) is 4.79 Å². The Labute approximate surface area is 100 Å². The van der Waals surface area contributed by atoms with Gasteiger partial charge in [0, 0.05) is 25.4 Å². The van der Waals surface area contributed by atoms with Gasteiger partial charge in [-0.1, -0.05) is 6.42 Å². The Morgan fingerprint density at radius 1 is 1.24 bits per heavy atom. The number of aliphatic carboxylic acids is 1. The standard InChI is InChI=1S/C11H20N2O4/c14-9-4-1-3-8(9)7-13-11(17)12-6-2-5-10(15)16/h8-9,14H,1-7H2,(H,15,16)(H2,12,13,17)/t8-,9+/m0/s1. The van der Waals surface area contributed by atoms with Crippen LogP contribution in [0.3, 0.4) is 0 Å². The highest BCUT2D eigenvalue weighted by molar-refractivity contribution is 5.73. The average molecular weight is 244 g/mol. The number of urea groups is 1. The molecule has 0 saturated heterocycles. The third-order valence-corrected chi connectivity index (χ3v) is 3.00. The summed E-state index contributed by atoms with van der Waals surface area (Å²) in [6.07, 6.45) is 2.94. The van der Waals surface area contributed by atoms with Crippen molar-refractivity contribution in [3.8, 4) is 0 Å². The van der Waals surface area contributed by atoms with Crippen molar-refractivity contribution in [3.63, 3.8) is 0 Å². The minimum Gasteiger partial charge on any atom is -0.481 e. The van der Waals surface area contributed by atoms with E-state index in [0.717, 1.165) is 19.3 Å². The molecule has 0 aromatic rings. The minimum absolute atomic E-state index is 0.0572. The molecule has 1 saturated carbocycles. The summed E-state index contributed by atoms with van der Waals surface area (Å²) in [6, 6.07) is -0.297. The Morgan fingerprint density at radius 3 is 2.59 bits per heavy atom. The molecule has 4 N–H and O–H groups in total. The maximum absolute atomic E-state index is 11.3. The monoisotopic (exact) mass is 244 g/mol. The van der Waals surface area contributed by atoms with Gasteiger partial charge in [-0.2, -0.15) is 0 Å². The Hall–Kier alpha value is -1.30. The van der Waals surface area contributed by atoms with Gasteiger partial charge in [0.25, 0.3) is 0 Å². The Bertz CT molecular complexity index is 270. The number of carbonyl (C=O) groups excluding carboxylic acids is 1. The molecule has 1 fully saturated rings. The number of carbonyl (C=O) groups is 2. The Kier molecular flexibility index (Phi) is 5.76. The van der Waals surface area contributed by atoms with Crippen LogP contribution in [0.4, 0.5) is 4.79 Å². The van der Waals surface area contributed by atoms with Gasteiger partial charge in [-0.05, 0) is 19.3 Å². The molecule has 98 valence electrons. The van der Waals surface area contributed by atoms with Crippen molar-refractivity contribution in [2.45, 2.75) is 38.2 Å². The summed E-state index contributed by atoms with van der Waals surface area (Å²) in [5.41, 5.74) is 0. The summed E-state index contributed by atoms with van der Waals surface area (Å²) < 4.78 is 0. The first kappa shape index (κ1) is 13.8. The van der Waals surface area contributed by atoms with Crippen LogP contribution in [-0.2, 0) is 4.79 Å². The van der Waals surface area contributed by atoms with Crippen LogP contribution in [0.15, 0.2) is 0 Å². The summed E-state index contributed by atoms with van der Waals surface area (Å²) in [4.78, 5) is 21.5. The van der Waals surface area contributed by atoms with Crippen LogP contribution in [0.25, 0.3) is 0 Å². The predicted octanol–water partition coefficient (Wildman–Crippen LogP) is 0.311. The number of aliphatic hydroxyl groups is 1. The van der Waals surface area contributed by atoms with E-state index >= 15 is 0 Å². The van der Waals surface area contributed by atoms with Crippen LogP contribution in [0.5, 0.6) is 0 Å². The van der Waals surface area contributed by atoms with Crippen molar-refractivity contribution >= 4 is 12.0 Å². The molecule has 0 aromatic carbocycles. The van der Waals surface area contributed by atoms with Crippen LogP contribution >= 0.6 is 0 Å². The first-order valence-corrected chi connectivity index (χ1v) is 6.01. The van der Waals surface area contributed by atoms with E-state index in [1.54, 1.807) is 0 Å². The zero-order valence-corrected chi connectivity index (χ0v) is 9.82. The van der Waals surface area contributed by atoms with Crippen LogP contribution in [0.2, 0.25) is 0 Å². The van der Waals surface area contributed by atoms with E-state index in [2.05, 4.69) is 10.6 Å². The maximum atomic E-state index is 11.3. The largest absolute Gasteiger partial charge is 0.481 e. The molecule has 0 bridgehead atoms. The van der Waals surface area contributed by atoms with Gasteiger partial charge in [0.05, 0.1) is 6.10 Å². The molecule has 6 heteroatoms. The van der Waals surface area contributed by atoms with Crippen LogP contribution in [0.1, 0.15) is 32.1 Å². The first-order valence-electron chi connectivity index (χ1n) is 6.01. The lowest BCUT2D eigenvalue weighted by Crippen LogP contribution is -2.40. The topological polar surface area (TPSA) is 98.7 Å². The lowest BCUT2D eigenvalue weighted by Gasteiger charge is -2.15. The average Bonchev–Trinajstić information content (AvgIpc) is 2.67. The number of nitrogens with one attached hydrogen (secondary N) is 2. The molecule has 6 nitrogen and oxygen atoms in total. The molecule has 2 amide bonds. The fraction of sp³-hybridized carbons (Fsp3) is 0.818. The summed E-state index contributed by atoms with van der Waals surface area (Å²) in [7, 11) is 0. The normalized spacial score (nSPS) is 23.4. The van der Waals surface area contributed by atoms with Gasteiger partial charge >= 0.3 is 12.0 Å². The van der Waals surface area contributed by atoms with Crippen molar-refractivity contribution in [1.82, 2.24) is 10.6 Å². The van der Waals surface area contributed by atoms with E-state index in [-0.39, 0.29) is 24.5 Å². The molecule has 1 rings (SSSR count). The van der Waals surface area contributed by atoms with Crippen molar-refractivity contribution in [1.29, 1.82) is 0 Å². The molecule has 1 aliphatic carbocycles. The number of amides is 2. The molecule has 0 aromatic heterocycles. The molecule has 17 heavy (non-hydrogen) atoms. The molecular weight excluding hydrogens is 224 g/mol. The zero-order chi connectivity index (χ0) is 12.7. The Balaban J connectivity index is 2.03. The second-order valence-corrected chi connectivity index (χ2v) is 4.39. The third-order valence-electron chi connectivity index (χ3n) is 3.00. The molecular formula is C11H20N2O4. The molecule has 0 aliphatic heterocycles. The van der Waals surface area contributed by atoms with E-state index in [0.29, 0.717) is 19.5 Å². The summed E-state index contributed by atoms with van der Waals surface area (Å²) >= 11 is 0. The summed E-state index contributed by atoms with van der Waals surface area (Å²) in [5.74, 6) is -0.707. The van der Waals surface area contributed by atoms with Crippen molar-refractivity contribution in [2.75, 3.05) is 13.1 Å². The molecule has 2 atom stereocenters. The van der Waals surface area contributed by atoms with E-state index in [1.807, 2.05) is 0 Å². The lowest BCUT2D eigenvalue weighted by molar-refractivity contribution is -0.137. The van der Waals surface area contributed by atoms with E-state index in [9.17, 15) is 14.7 Å². The molecule has 0 unspecified atom stereocenters. The highest BCUT2D eigenvalue weighted by atomic mass is 16.4. The summed E-state index contributed by atoms with van der Waals surface area (Å²) in [5, 5.41) is 23.2. The third kappa shape index (κ3) is 5.53. The van der Waals surface area contributed by atoms with Gasteiger partial charge < -0.3 is 20.8 Å². The summed E-state index contributed by atoms with van der Waals surface area (Å²) in [6.45, 7) is 0.831. The van der Waals surface area contributed by atoms with Crippen LogP contribution in [0, 0.1) is 5.92 Å². The van der Waals surface area contributed by atoms with Crippen molar-refractivity contribution < 1.29 is 19.8 Å². The number of rotatable bonds is 6. The fourth-order valence-corrected chi connectivity index (χ4v) is 1.98. The van der Waals surface area contributed by atoms with Gasteiger partial charge in [0.2, 0.25) is 0 Å². The van der Waals surface area contributed by atoms with Gasteiger partial charge in [0.15, 0.2) is 0 Å². The quantitative estimate of drug-likeness (QED) is 0.505. The predicted molar refractivity (Wildman–Crippen MR) is 61.6 cm³/mol. The first-order chi connectivity index (χ1) is 8.09. The second-order valence-electron chi connectivity index (χ2n) is 4.39. The maximum Gasteiger partial charge on any atom is 0.314 e. The van der Waals surface area contributed by atoms with Crippen molar-refractivity contribution in [2.24, 2.45) is 5.92 Å². The number of hydrogen-bond donors (Lipinski definition) is 4. The van der Waals surface area contributed by atoms with Gasteiger partial charge in [0.1, 0.15) is 0 Å². The SMILES string of the molecule is O=C(O)CCCNC(=O)NC[C@@H]1CCC[C@H]1O. The number of hydrogen-bond acceptors (Lipinski definition) is 3. The van der Waals surface area contributed by atoms with E-state index in [1.165, 1.54) is 0 Å². The van der Waals surface area contributed by atoms with Gasteiger partial charge in [-0.25, -0.2) is 4.79 Å². The molecule has 0 heterocycles. The van der Waals surface area contributed by atoms with Crippen molar-refractivity contribution in [3.05, 3.63) is 0 Å². The smallest absolute Gasteiger partial charge is 0.314 e. The molecule has 0 radical (unpaired) electrons. The highest BCUT2D eigenvalue weighted by Gasteiger charge is 2.25. The fourth-order valence-electron chi connectivity index (χ4n) is 1.98. The molecule has 0 spiro atoms. The lowest BCUT2D eigenvalue weighted by atomic mass is 10.1. The number of carboxylic acids is 1. The minimum atomic E-state index is -0.860. The highest BCUT2D eigenvalue weighted by Crippen LogP contribution is 2.24. The van der Waals surface area contributed by atoms with E-state index < -0.39 is 5.97 Å². The zero-order valence-electron chi connectivity index (χ0n) is 9.82. The number of carboxylic acid groups (broad SMARTS) is 1. The number of aliphatic hydroxyl groups excluding tert-OH is 1. The molecule has 1 aliphatic rings. The second kappa shape index (κ2) is 7.11. The Morgan fingerprint density at radius 2 is 2.00 bits per heavy atom. The van der Waals surface area contributed by atoms with Crippen LogP contribution < -0.4 is 10.6 Å². The van der Waals surface area contributed by atoms with Crippen LogP contribution in [-0.4, -0.2) is 41.4 Å². The van der Waals surface area contributed by atoms with E-state index in [4.69, 9.17) is 5.11 Å². The van der Waals surface area contributed by atoms with Gasteiger partial charge in [-0.15, -0.1) is 0 Å².